The number of piperazine rings is 1. The lowest BCUT2D eigenvalue weighted by atomic mass is 9.71. The molecule has 3 fully saturated rings. The third kappa shape index (κ3) is 11.1. The maximum absolute atomic E-state index is 14.9. The van der Waals surface area contributed by atoms with Crippen molar-refractivity contribution in [2.45, 2.75) is 89.0 Å². The Hall–Kier alpha value is -3.48. The van der Waals surface area contributed by atoms with E-state index >= 15 is 0 Å². The van der Waals surface area contributed by atoms with Crippen LogP contribution in [0.4, 0.5) is 4.79 Å². The van der Waals surface area contributed by atoms with E-state index in [2.05, 4.69) is 71.5 Å². The second kappa shape index (κ2) is 19.6. The number of nitrogens with zero attached hydrogens (tertiary/aromatic N) is 5. The van der Waals surface area contributed by atoms with E-state index in [1.165, 1.54) is 16.9 Å². The second-order valence-corrected chi connectivity index (χ2v) is 17.5. The van der Waals surface area contributed by atoms with Crippen LogP contribution in [-0.4, -0.2) is 121 Å². The molecule has 3 amide bonds. The molecule has 1 N–H and O–H groups in total. The number of amides is 3. The Bertz CT molecular complexity index is 1680. The highest BCUT2D eigenvalue weighted by Gasteiger charge is 2.45. The van der Waals surface area contributed by atoms with Crippen LogP contribution in [0.15, 0.2) is 72.1 Å². The van der Waals surface area contributed by atoms with Crippen LogP contribution in [0.25, 0.3) is 0 Å². The van der Waals surface area contributed by atoms with Crippen molar-refractivity contribution in [1.82, 2.24) is 29.8 Å². The quantitative estimate of drug-likeness (QED) is 0.166. The third-order valence-electron chi connectivity index (χ3n) is 12.0. The van der Waals surface area contributed by atoms with E-state index in [0.717, 1.165) is 82.4 Å². The van der Waals surface area contributed by atoms with E-state index in [1.54, 1.807) is 40.5 Å². The molecule has 1 aliphatic carbocycles. The van der Waals surface area contributed by atoms with Crippen molar-refractivity contribution in [3.05, 3.63) is 87.6 Å². The summed E-state index contributed by atoms with van der Waals surface area (Å²) in [5.74, 6) is -0.0379. The molecule has 0 bridgehead atoms. The Morgan fingerprint density at radius 3 is 2.42 bits per heavy atom. The number of benzene rings is 2. The molecule has 1 saturated carbocycles. The van der Waals surface area contributed by atoms with Gasteiger partial charge in [-0.15, -0.1) is 11.3 Å². The van der Waals surface area contributed by atoms with Crippen molar-refractivity contribution in [3.8, 4) is 5.75 Å². The van der Waals surface area contributed by atoms with E-state index in [9.17, 15) is 14.4 Å². The number of hydrogen-bond acceptors (Lipinski definition) is 8. The first-order valence-corrected chi connectivity index (χ1v) is 21.3. The van der Waals surface area contributed by atoms with E-state index in [4.69, 9.17) is 16.3 Å². The van der Waals surface area contributed by atoms with Crippen LogP contribution < -0.4 is 10.1 Å². The fraction of sp³-hybridized carbons (Fsp3) is 0.558. The molecule has 2 aromatic carbocycles. The number of carbonyl (C=O) groups is 3. The fourth-order valence-corrected chi connectivity index (χ4v) is 9.57. The van der Waals surface area contributed by atoms with Gasteiger partial charge in [0.1, 0.15) is 6.04 Å². The predicted octanol–water partition coefficient (Wildman–Crippen LogP) is 6.99. The number of rotatable bonds is 15. The molecule has 298 valence electrons. The van der Waals surface area contributed by atoms with E-state index in [0.29, 0.717) is 23.0 Å². The van der Waals surface area contributed by atoms with Crippen LogP contribution in [-0.2, 0) is 22.7 Å². The first-order chi connectivity index (χ1) is 26.6. The van der Waals surface area contributed by atoms with Crippen molar-refractivity contribution >= 4 is 40.8 Å². The van der Waals surface area contributed by atoms with Crippen LogP contribution in [0.1, 0.15) is 68.2 Å². The Balaban J connectivity index is 1.15. The van der Waals surface area contributed by atoms with Crippen LogP contribution in [0.2, 0.25) is 5.02 Å². The van der Waals surface area contributed by atoms with E-state index < -0.39 is 12.1 Å². The lowest BCUT2D eigenvalue weighted by molar-refractivity contribution is -0.148. The van der Waals surface area contributed by atoms with Crippen molar-refractivity contribution in [3.63, 3.8) is 0 Å². The standard InChI is InChI=1S/C43H59ClN6O4S/c1-46(2)24-11-5-8-17-37(47(3)34-19-21-43(22-20-34)23-25-48(32-43)30-33-13-6-4-7-14-33)41(52)50-27-26-49(42(53)54-39-18-10-9-16-36(39)44)31-38(50)40(51)45-29-35-15-12-28-55-35/h4,6-7,9-10,12-16,18,28,34,37-38H,5,8,11,17,19-27,29-32H2,1-3H3,(H,45,51)/t34?,37-,38+,43?/m1/s1. The summed E-state index contributed by atoms with van der Waals surface area (Å²) in [6, 6.07) is 20.6. The highest BCUT2D eigenvalue weighted by Crippen LogP contribution is 2.45. The summed E-state index contributed by atoms with van der Waals surface area (Å²) in [6.45, 7) is 5.19. The van der Waals surface area contributed by atoms with Crippen LogP contribution in [0.5, 0.6) is 5.75 Å². The number of para-hydroxylation sites is 1. The molecule has 2 aliphatic heterocycles. The number of likely N-dealkylation sites (tertiary alicyclic amines) is 1. The van der Waals surface area contributed by atoms with Gasteiger partial charge in [0.05, 0.1) is 24.2 Å². The molecule has 12 heteroatoms. The maximum atomic E-state index is 14.9. The fourth-order valence-electron chi connectivity index (χ4n) is 8.75. The zero-order valence-corrected chi connectivity index (χ0v) is 34.4. The minimum atomic E-state index is -0.853. The lowest BCUT2D eigenvalue weighted by Crippen LogP contribution is -2.64. The van der Waals surface area contributed by atoms with E-state index in [1.807, 2.05) is 17.5 Å². The zero-order valence-electron chi connectivity index (χ0n) is 32.8. The maximum Gasteiger partial charge on any atom is 0.415 e. The van der Waals surface area contributed by atoms with Crippen LogP contribution in [0, 0.1) is 5.41 Å². The average Bonchev–Trinajstić information content (AvgIpc) is 3.86. The number of hydrogen-bond donors (Lipinski definition) is 1. The Morgan fingerprint density at radius 2 is 1.69 bits per heavy atom. The van der Waals surface area contributed by atoms with Crippen molar-refractivity contribution in [2.24, 2.45) is 5.41 Å². The number of ether oxygens (including phenoxy) is 1. The average molecular weight is 792 g/mol. The van der Waals surface area contributed by atoms with Crippen molar-refractivity contribution in [2.75, 3.05) is 60.4 Å². The largest absolute Gasteiger partial charge is 0.415 e. The molecular formula is C43H59ClN6O4S. The lowest BCUT2D eigenvalue weighted by Gasteiger charge is -2.46. The minimum absolute atomic E-state index is 0.0271. The van der Waals surface area contributed by atoms with Gasteiger partial charge in [-0.2, -0.15) is 0 Å². The zero-order chi connectivity index (χ0) is 38.8. The SMILES string of the molecule is CN(C)CCCCC[C@H](C(=O)N1CCN(C(=O)Oc2ccccc2Cl)C[C@H]1C(=O)NCc1cccs1)N(C)C1CCC2(CC1)CCN(Cc1ccccc1)C2. The van der Waals surface area contributed by atoms with Gasteiger partial charge in [0.2, 0.25) is 11.8 Å². The van der Waals surface area contributed by atoms with Gasteiger partial charge in [-0.25, -0.2) is 4.79 Å². The molecule has 10 nitrogen and oxygen atoms in total. The number of halogens is 1. The smallest absolute Gasteiger partial charge is 0.409 e. The van der Waals surface area contributed by atoms with Gasteiger partial charge in [0, 0.05) is 37.1 Å². The van der Waals surface area contributed by atoms with E-state index in [-0.39, 0.29) is 43.2 Å². The van der Waals surface area contributed by atoms with Gasteiger partial charge in [-0.05, 0) is 114 Å². The Morgan fingerprint density at radius 1 is 0.927 bits per heavy atom. The summed E-state index contributed by atoms with van der Waals surface area (Å²) in [5, 5.41) is 5.37. The number of likely N-dealkylation sites (N-methyl/N-ethyl adjacent to an activating group) is 1. The molecule has 3 heterocycles. The van der Waals surface area contributed by atoms with Gasteiger partial charge in [-0.1, -0.05) is 73.0 Å². The van der Waals surface area contributed by atoms with Crippen molar-refractivity contribution in [1.29, 1.82) is 0 Å². The summed E-state index contributed by atoms with van der Waals surface area (Å²) in [6.07, 6.45) is 8.86. The Kier molecular flexibility index (Phi) is 14.7. The number of thiophene rings is 1. The molecule has 1 aromatic heterocycles. The first kappa shape index (κ1) is 41.2. The highest BCUT2D eigenvalue weighted by molar-refractivity contribution is 7.09. The van der Waals surface area contributed by atoms with Crippen LogP contribution in [0.3, 0.4) is 0 Å². The molecule has 6 rings (SSSR count). The third-order valence-corrected chi connectivity index (χ3v) is 13.2. The molecule has 55 heavy (non-hydrogen) atoms. The number of unbranched alkanes of at least 4 members (excludes halogenated alkanes) is 2. The monoisotopic (exact) mass is 790 g/mol. The summed E-state index contributed by atoms with van der Waals surface area (Å²) >= 11 is 7.87. The predicted molar refractivity (Wildman–Crippen MR) is 220 cm³/mol. The topological polar surface area (TPSA) is 88.7 Å². The number of nitrogens with one attached hydrogen (secondary N) is 1. The summed E-state index contributed by atoms with van der Waals surface area (Å²) in [7, 11) is 6.31. The summed E-state index contributed by atoms with van der Waals surface area (Å²) < 4.78 is 5.67. The summed E-state index contributed by atoms with van der Waals surface area (Å²) in [4.78, 5) is 53.8. The molecule has 3 aromatic rings. The second-order valence-electron chi connectivity index (χ2n) is 16.1. The van der Waals surface area contributed by atoms with Gasteiger partial charge in [0.25, 0.3) is 0 Å². The highest BCUT2D eigenvalue weighted by atomic mass is 35.5. The summed E-state index contributed by atoms with van der Waals surface area (Å²) in [5.41, 5.74) is 1.72. The van der Waals surface area contributed by atoms with Gasteiger partial charge < -0.3 is 24.8 Å². The minimum Gasteiger partial charge on any atom is -0.409 e. The van der Waals surface area contributed by atoms with Gasteiger partial charge in [0.15, 0.2) is 5.75 Å². The number of carbonyl (C=O) groups excluding carboxylic acids is 3. The molecule has 0 radical (unpaired) electrons. The normalized spacial score (nSPS) is 22.4. The molecule has 1 spiro atoms. The Labute approximate surface area is 336 Å². The molecule has 2 saturated heterocycles. The van der Waals surface area contributed by atoms with Gasteiger partial charge in [-0.3, -0.25) is 19.4 Å². The molecule has 2 atom stereocenters. The molecule has 3 aliphatic rings. The molecular weight excluding hydrogens is 732 g/mol. The van der Waals surface area contributed by atoms with Crippen LogP contribution >= 0.6 is 22.9 Å². The van der Waals surface area contributed by atoms with Gasteiger partial charge >= 0.3 is 6.09 Å². The molecule has 0 unspecified atom stereocenters. The first-order valence-electron chi connectivity index (χ1n) is 20.1. The van der Waals surface area contributed by atoms with Crippen molar-refractivity contribution < 1.29 is 19.1 Å².